The SMILES string of the molecule is CN(CC(=O)Nc1ccc(N2CCOCC2)cc1)C(=O)Cc1coc(-c2ccccc2)n1. The molecule has 1 aliphatic heterocycles. The Bertz CT molecular complexity index is 1040. The van der Waals surface area contributed by atoms with Gasteiger partial charge in [0.1, 0.15) is 6.26 Å². The number of ether oxygens (including phenoxy) is 1. The number of benzene rings is 2. The zero-order chi connectivity index (χ0) is 22.3. The van der Waals surface area contributed by atoms with Gasteiger partial charge in [0.2, 0.25) is 17.7 Å². The van der Waals surface area contributed by atoms with Crippen LogP contribution in [0.25, 0.3) is 11.5 Å². The monoisotopic (exact) mass is 434 g/mol. The van der Waals surface area contributed by atoms with Crippen LogP contribution in [0.1, 0.15) is 5.69 Å². The molecule has 0 spiro atoms. The van der Waals surface area contributed by atoms with Crippen LogP contribution in [0.4, 0.5) is 11.4 Å². The fraction of sp³-hybridized carbons (Fsp3) is 0.292. The van der Waals surface area contributed by atoms with Crippen molar-refractivity contribution in [1.82, 2.24) is 9.88 Å². The molecule has 1 aliphatic rings. The lowest BCUT2D eigenvalue weighted by Gasteiger charge is -2.28. The quantitative estimate of drug-likeness (QED) is 0.615. The maximum atomic E-state index is 12.5. The van der Waals surface area contributed by atoms with Crippen LogP contribution in [0.15, 0.2) is 65.3 Å². The lowest BCUT2D eigenvalue weighted by molar-refractivity contribution is -0.132. The number of oxazole rings is 1. The third kappa shape index (κ3) is 5.53. The largest absolute Gasteiger partial charge is 0.444 e. The second kappa shape index (κ2) is 10.1. The third-order valence-corrected chi connectivity index (χ3v) is 5.24. The first-order valence-electron chi connectivity index (χ1n) is 10.5. The highest BCUT2D eigenvalue weighted by Crippen LogP contribution is 2.20. The molecule has 2 amide bonds. The summed E-state index contributed by atoms with van der Waals surface area (Å²) in [5.74, 6) is -0.00449. The van der Waals surface area contributed by atoms with Crippen LogP contribution < -0.4 is 10.2 Å². The molecule has 0 unspecified atom stereocenters. The van der Waals surface area contributed by atoms with Crippen LogP contribution in [0, 0.1) is 0 Å². The molecule has 1 aromatic heterocycles. The van der Waals surface area contributed by atoms with Crippen LogP contribution >= 0.6 is 0 Å². The molecule has 3 aromatic rings. The van der Waals surface area contributed by atoms with Crippen LogP contribution in [0.2, 0.25) is 0 Å². The summed E-state index contributed by atoms with van der Waals surface area (Å²) >= 11 is 0. The summed E-state index contributed by atoms with van der Waals surface area (Å²) in [6, 6.07) is 17.2. The molecule has 0 radical (unpaired) electrons. The predicted octanol–water partition coefficient (Wildman–Crippen LogP) is 2.82. The van der Waals surface area contributed by atoms with Gasteiger partial charge in [0, 0.05) is 37.1 Å². The Hall–Kier alpha value is -3.65. The highest BCUT2D eigenvalue weighted by molar-refractivity contribution is 5.94. The van der Waals surface area contributed by atoms with E-state index in [4.69, 9.17) is 9.15 Å². The zero-order valence-electron chi connectivity index (χ0n) is 18.0. The average Bonchev–Trinajstić information content (AvgIpc) is 3.29. The number of nitrogens with one attached hydrogen (secondary N) is 1. The van der Waals surface area contributed by atoms with E-state index in [0.29, 0.717) is 17.3 Å². The Balaban J connectivity index is 1.27. The van der Waals surface area contributed by atoms with Gasteiger partial charge in [0.25, 0.3) is 0 Å². The molecule has 2 heterocycles. The van der Waals surface area contributed by atoms with Gasteiger partial charge in [0.15, 0.2) is 0 Å². The lowest BCUT2D eigenvalue weighted by atomic mass is 10.2. The van der Waals surface area contributed by atoms with Crippen molar-refractivity contribution < 1.29 is 18.7 Å². The fourth-order valence-electron chi connectivity index (χ4n) is 3.47. The van der Waals surface area contributed by atoms with E-state index in [9.17, 15) is 9.59 Å². The molecular formula is C24H26N4O4. The molecule has 0 aliphatic carbocycles. The molecule has 1 fully saturated rings. The number of amides is 2. The van der Waals surface area contributed by atoms with Crippen LogP contribution in [0.5, 0.6) is 0 Å². The molecule has 8 nitrogen and oxygen atoms in total. The number of nitrogens with zero attached hydrogens (tertiary/aromatic N) is 3. The fourth-order valence-corrected chi connectivity index (χ4v) is 3.47. The minimum Gasteiger partial charge on any atom is -0.444 e. The van der Waals surface area contributed by atoms with E-state index in [1.807, 2.05) is 54.6 Å². The number of anilines is 2. The minimum atomic E-state index is -0.259. The first-order chi connectivity index (χ1) is 15.6. The van der Waals surface area contributed by atoms with Gasteiger partial charge in [-0.15, -0.1) is 0 Å². The lowest BCUT2D eigenvalue weighted by Crippen LogP contribution is -2.36. The van der Waals surface area contributed by atoms with Crippen molar-refractivity contribution in [3.8, 4) is 11.5 Å². The van der Waals surface area contributed by atoms with Gasteiger partial charge in [-0.3, -0.25) is 9.59 Å². The summed E-state index contributed by atoms with van der Waals surface area (Å²) in [7, 11) is 1.60. The number of rotatable bonds is 7. The standard InChI is InChI=1S/C24H26N4O4/c1-27(23(30)15-20-17-32-24(26-20)18-5-3-2-4-6-18)16-22(29)25-19-7-9-21(10-8-19)28-11-13-31-14-12-28/h2-10,17H,11-16H2,1H3,(H,25,29). The summed E-state index contributed by atoms with van der Waals surface area (Å²) in [4.78, 5) is 32.9. The van der Waals surface area contributed by atoms with E-state index in [0.717, 1.165) is 37.6 Å². The van der Waals surface area contributed by atoms with E-state index >= 15 is 0 Å². The Kier molecular flexibility index (Phi) is 6.81. The van der Waals surface area contributed by atoms with Gasteiger partial charge in [-0.2, -0.15) is 0 Å². The van der Waals surface area contributed by atoms with Gasteiger partial charge in [0.05, 0.1) is 31.9 Å². The first-order valence-corrected chi connectivity index (χ1v) is 10.5. The molecule has 0 bridgehead atoms. The highest BCUT2D eigenvalue weighted by atomic mass is 16.5. The van der Waals surface area contributed by atoms with E-state index in [1.54, 1.807) is 7.05 Å². The number of hydrogen-bond donors (Lipinski definition) is 1. The molecule has 0 atom stereocenters. The molecule has 2 aromatic carbocycles. The van der Waals surface area contributed by atoms with E-state index in [2.05, 4.69) is 15.2 Å². The Morgan fingerprint density at radius 1 is 1.06 bits per heavy atom. The van der Waals surface area contributed by atoms with Crippen molar-refractivity contribution in [2.45, 2.75) is 6.42 Å². The van der Waals surface area contributed by atoms with Crippen LogP contribution in [-0.2, 0) is 20.7 Å². The maximum Gasteiger partial charge on any atom is 0.243 e. The zero-order valence-corrected chi connectivity index (χ0v) is 18.0. The molecule has 8 heteroatoms. The minimum absolute atomic E-state index is 0.0482. The second-order valence-corrected chi connectivity index (χ2v) is 7.63. The van der Waals surface area contributed by atoms with Crippen molar-refractivity contribution in [3.05, 3.63) is 66.6 Å². The summed E-state index contributed by atoms with van der Waals surface area (Å²) in [6.45, 7) is 3.11. The smallest absolute Gasteiger partial charge is 0.243 e. The molecule has 1 N–H and O–H groups in total. The summed E-state index contributed by atoms with van der Waals surface area (Å²) < 4.78 is 10.8. The second-order valence-electron chi connectivity index (χ2n) is 7.63. The number of carbonyl (C=O) groups excluding carboxylic acids is 2. The van der Waals surface area contributed by atoms with Gasteiger partial charge < -0.3 is 24.3 Å². The highest BCUT2D eigenvalue weighted by Gasteiger charge is 2.17. The molecule has 4 rings (SSSR count). The molecular weight excluding hydrogens is 408 g/mol. The predicted molar refractivity (Wildman–Crippen MR) is 121 cm³/mol. The third-order valence-electron chi connectivity index (χ3n) is 5.24. The molecule has 1 saturated heterocycles. The van der Waals surface area contributed by atoms with Crippen LogP contribution in [0.3, 0.4) is 0 Å². The van der Waals surface area contributed by atoms with Crippen molar-refractivity contribution in [2.24, 2.45) is 0 Å². The molecule has 166 valence electrons. The Morgan fingerprint density at radius 2 is 1.78 bits per heavy atom. The first kappa shape index (κ1) is 21.6. The summed E-state index contributed by atoms with van der Waals surface area (Å²) in [5.41, 5.74) is 3.16. The van der Waals surface area contributed by atoms with E-state index in [-0.39, 0.29) is 24.8 Å². The van der Waals surface area contributed by atoms with Gasteiger partial charge in [-0.05, 0) is 36.4 Å². The molecule has 0 saturated carbocycles. The van der Waals surface area contributed by atoms with Crippen molar-refractivity contribution >= 4 is 23.2 Å². The van der Waals surface area contributed by atoms with Crippen molar-refractivity contribution in [2.75, 3.05) is 50.1 Å². The van der Waals surface area contributed by atoms with Gasteiger partial charge in [-0.25, -0.2) is 4.98 Å². The summed E-state index contributed by atoms with van der Waals surface area (Å²) in [5, 5.41) is 2.84. The van der Waals surface area contributed by atoms with Gasteiger partial charge >= 0.3 is 0 Å². The molecule has 32 heavy (non-hydrogen) atoms. The topological polar surface area (TPSA) is 87.9 Å². The Morgan fingerprint density at radius 3 is 2.50 bits per heavy atom. The maximum absolute atomic E-state index is 12.5. The van der Waals surface area contributed by atoms with Crippen molar-refractivity contribution in [3.63, 3.8) is 0 Å². The number of morpholine rings is 1. The number of hydrogen-bond acceptors (Lipinski definition) is 6. The number of aromatic nitrogens is 1. The average molecular weight is 434 g/mol. The van der Waals surface area contributed by atoms with Gasteiger partial charge in [-0.1, -0.05) is 18.2 Å². The number of carbonyl (C=O) groups is 2. The van der Waals surface area contributed by atoms with E-state index in [1.165, 1.54) is 11.2 Å². The van der Waals surface area contributed by atoms with E-state index < -0.39 is 0 Å². The summed E-state index contributed by atoms with van der Waals surface area (Å²) in [6.07, 6.45) is 1.54. The number of likely N-dealkylation sites (N-methyl/N-ethyl adjacent to an activating group) is 1. The van der Waals surface area contributed by atoms with Crippen molar-refractivity contribution in [1.29, 1.82) is 0 Å². The Labute approximate surface area is 186 Å². The normalized spacial score (nSPS) is 13.6. The van der Waals surface area contributed by atoms with Crippen LogP contribution in [-0.4, -0.2) is 61.6 Å².